The van der Waals surface area contributed by atoms with Crippen LogP contribution < -0.4 is 4.72 Å². The Morgan fingerprint density at radius 1 is 1.29 bits per heavy atom. The van der Waals surface area contributed by atoms with Crippen molar-refractivity contribution in [2.24, 2.45) is 0 Å². The fraction of sp³-hybridized carbons (Fsp3) is 0.231. The Morgan fingerprint density at radius 2 is 1.95 bits per heavy atom. The molecule has 0 unspecified atom stereocenters. The Balaban J connectivity index is 2.45. The minimum Gasteiger partial charge on any atom is -0.478 e. The molecule has 0 aliphatic rings. The number of nitrogens with zero attached hydrogens (tertiary/aromatic N) is 1. The van der Waals surface area contributed by atoms with Gasteiger partial charge in [-0.3, -0.25) is 4.72 Å². The Hall–Kier alpha value is -1.93. The van der Waals surface area contributed by atoms with E-state index in [1.54, 1.807) is 19.1 Å². The Labute approximate surface area is 126 Å². The van der Waals surface area contributed by atoms with Gasteiger partial charge in [0, 0.05) is 0 Å². The van der Waals surface area contributed by atoms with E-state index in [9.17, 15) is 13.2 Å². The second-order valence-electron chi connectivity index (χ2n) is 4.65. The highest BCUT2D eigenvalue weighted by molar-refractivity contribution is 7.93. The Morgan fingerprint density at radius 3 is 2.52 bits per heavy atom. The summed E-state index contributed by atoms with van der Waals surface area (Å²) in [7, 11) is -3.85. The predicted molar refractivity (Wildman–Crippen MR) is 80.5 cm³/mol. The van der Waals surface area contributed by atoms with Crippen molar-refractivity contribution in [3.05, 3.63) is 40.6 Å². The first-order valence-corrected chi connectivity index (χ1v) is 8.27. The maximum atomic E-state index is 12.4. The number of carboxylic acid groups (broad SMARTS) is 1. The van der Waals surface area contributed by atoms with E-state index in [2.05, 4.69) is 9.10 Å². The first-order valence-electron chi connectivity index (χ1n) is 6.02. The molecular formula is C13H14N2O4S2. The molecule has 0 saturated heterocycles. The number of carboxylic acids is 1. The second-order valence-corrected chi connectivity index (χ2v) is 7.08. The van der Waals surface area contributed by atoms with E-state index < -0.39 is 16.0 Å². The summed E-state index contributed by atoms with van der Waals surface area (Å²) in [5, 5.41) is 9.14. The molecule has 112 valence electrons. The van der Waals surface area contributed by atoms with Gasteiger partial charge in [0.15, 0.2) is 0 Å². The van der Waals surface area contributed by atoms with Crippen molar-refractivity contribution in [2.75, 3.05) is 4.72 Å². The third kappa shape index (κ3) is 3.06. The number of aromatic nitrogens is 1. The number of sulfonamides is 1. The molecule has 8 heteroatoms. The lowest BCUT2D eigenvalue weighted by molar-refractivity contribution is 0.0697. The maximum Gasteiger partial charge on any atom is 0.340 e. The minimum absolute atomic E-state index is 0.0139. The topological polar surface area (TPSA) is 96.4 Å². The summed E-state index contributed by atoms with van der Waals surface area (Å²) in [6, 6.07) is 4.95. The number of hydrogen-bond donors (Lipinski definition) is 2. The molecule has 0 aliphatic heterocycles. The molecule has 0 bridgehead atoms. The fourth-order valence-corrected chi connectivity index (χ4v) is 4.28. The molecule has 0 atom stereocenters. The van der Waals surface area contributed by atoms with Crippen molar-refractivity contribution in [3.8, 4) is 0 Å². The van der Waals surface area contributed by atoms with Gasteiger partial charge in [0.25, 0.3) is 10.0 Å². The quantitative estimate of drug-likeness (QED) is 0.900. The summed E-state index contributed by atoms with van der Waals surface area (Å²) in [6.45, 7) is 5.08. The molecule has 0 aliphatic carbocycles. The van der Waals surface area contributed by atoms with Crippen molar-refractivity contribution in [1.29, 1.82) is 0 Å². The van der Waals surface area contributed by atoms with Crippen LogP contribution in [0.25, 0.3) is 0 Å². The number of aromatic carboxylic acids is 1. The number of anilines is 1. The molecule has 0 radical (unpaired) electrons. The van der Waals surface area contributed by atoms with Crippen LogP contribution in [0, 0.1) is 20.8 Å². The number of rotatable bonds is 4. The molecule has 0 amide bonds. The number of aryl methyl sites for hydroxylation is 3. The number of hydrogen-bond acceptors (Lipinski definition) is 5. The van der Waals surface area contributed by atoms with Crippen molar-refractivity contribution >= 4 is 32.5 Å². The highest BCUT2D eigenvalue weighted by Crippen LogP contribution is 2.28. The summed E-state index contributed by atoms with van der Waals surface area (Å²) in [6.07, 6.45) is 0. The van der Waals surface area contributed by atoms with Crippen LogP contribution in [0.4, 0.5) is 5.00 Å². The number of carbonyl (C=O) groups is 1. The standard InChI is InChI=1S/C13H14N2O4S2/c1-7-4-5-10(8(2)6-7)21(18,19)15-12-11(13(16)17)9(3)14-20-12/h4-6,15H,1-3H3,(H,16,17). The van der Waals surface area contributed by atoms with Gasteiger partial charge in [-0.25, -0.2) is 13.2 Å². The lowest BCUT2D eigenvalue weighted by Crippen LogP contribution is -2.15. The van der Waals surface area contributed by atoms with Crippen molar-refractivity contribution in [2.45, 2.75) is 25.7 Å². The van der Waals surface area contributed by atoms with Crippen LogP contribution in [0.1, 0.15) is 27.2 Å². The molecule has 6 nitrogen and oxygen atoms in total. The zero-order chi connectivity index (χ0) is 15.8. The molecule has 0 fully saturated rings. The molecule has 0 spiro atoms. The highest BCUT2D eigenvalue weighted by atomic mass is 32.2. The molecule has 1 heterocycles. The summed E-state index contributed by atoms with van der Waals surface area (Å²) in [5.74, 6) is -1.21. The zero-order valence-electron chi connectivity index (χ0n) is 11.7. The highest BCUT2D eigenvalue weighted by Gasteiger charge is 2.24. The van der Waals surface area contributed by atoms with Crippen LogP contribution >= 0.6 is 11.5 Å². The first-order chi connectivity index (χ1) is 9.72. The van der Waals surface area contributed by atoms with Crippen LogP contribution in [0.15, 0.2) is 23.1 Å². The molecule has 0 saturated carbocycles. The first kappa shape index (κ1) is 15.5. The van der Waals surface area contributed by atoms with Crippen LogP contribution in [-0.2, 0) is 10.0 Å². The molecule has 1 aromatic carbocycles. The van der Waals surface area contributed by atoms with E-state index in [-0.39, 0.29) is 21.2 Å². The summed E-state index contributed by atoms with van der Waals surface area (Å²) >= 11 is 0.814. The Kier molecular flexibility index (Phi) is 4.02. The third-order valence-electron chi connectivity index (χ3n) is 2.92. The third-order valence-corrected chi connectivity index (χ3v) is 5.42. The van der Waals surface area contributed by atoms with Crippen LogP contribution in [0.2, 0.25) is 0 Å². The minimum atomic E-state index is -3.85. The van der Waals surface area contributed by atoms with Crippen molar-refractivity contribution in [3.63, 3.8) is 0 Å². The molecule has 2 aromatic rings. The van der Waals surface area contributed by atoms with Gasteiger partial charge in [-0.15, -0.1) is 0 Å². The van der Waals surface area contributed by atoms with Gasteiger partial charge in [0.2, 0.25) is 0 Å². The van der Waals surface area contributed by atoms with Crippen LogP contribution in [-0.4, -0.2) is 23.9 Å². The van der Waals surface area contributed by atoms with E-state index in [0.717, 1.165) is 17.1 Å². The average molecular weight is 326 g/mol. The van der Waals surface area contributed by atoms with Gasteiger partial charge in [-0.1, -0.05) is 17.7 Å². The van der Waals surface area contributed by atoms with Gasteiger partial charge in [0.05, 0.1) is 10.6 Å². The average Bonchev–Trinajstić information content (AvgIpc) is 2.68. The monoisotopic (exact) mass is 326 g/mol. The van der Waals surface area contributed by atoms with Gasteiger partial charge >= 0.3 is 5.97 Å². The maximum absolute atomic E-state index is 12.4. The summed E-state index contributed by atoms with van der Waals surface area (Å²) in [5.41, 5.74) is 1.71. The molecule has 2 N–H and O–H groups in total. The molecule has 21 heavy (non-hydrogen) atoms. The second kappa shape index (κ2) is 5.45. The SMILES string of the molecule is Cc1ccc(S(=O)(=O)Nc2snc(C)c2C(=O)O)c(C)c1. The summed E-state index contributed by atoms with van der Waals surface area (Å²) < 4.78 is 31.0. The normalized spacial score (nSPS) is 11.4. The Bertz CT molecular complexity index is 810. The van der Waals surface area contributed by atoms with E-state index in [4.69, 9.17) is 5.11 Å². The fourth-order valence-electron chi connectivity index (χ4n) is 1.97. The molecular weight excluding hydrogens is 312 g/mol. The van der Waals surface area contributed by atoms with E-state index in [1.807, 2.05) is 6.92 Å². The van der Waals surface area contributed by atoms with E-state index >= 15 is 0 Å². The van der Waals surface area contributed by atoms with Gasteiger partial charge in [-0.2, -0.15) is 4.37 Å². The van der Waals surface area contributed by atoms with Crippen molar-refractivity contribution in [1.82, 2.24) is 4.37 Å². The number of nitrogens with one attached hydrogen (secondary N) is 1. The number of benzene rings is 1. The van der Waals surface area contributed by atoms with Gasteiger partial charge in [-0.05, 0) is 43.9 Å². The molecule has 2 rings (SSSR count). The van der Waals surface area contributed by atoms with E-state index in [1.165, 1.54) is 13.0 Å². The van der Waals surface area contributed by atoms with Crippen LogP contribution in [0.3, 0.4) is 0 Å². The molecule has 1 aromatic heterocycles. The van der Waals surface area contributed by atoms with Gasteiger partial charge in [0.1, 0.15) is 10.6 Å². The van der Waals surface area contributed by atoms with Crippen LogP contribution in [0.5, 0.6) is 0 Å². The lowest BCUT2D eigenvalue weighted by atomic mass is 10.2. The summed E-state index contributed by atoms with van der Waals surface area (Å²) in [4.78, 5) is 11.3. The predicted octanol–water partition coefficient (Wildman–Crippen LogP) is 2.57. The van der Waals surface area contributed by atoms with Gasteiger partial charge < -0.3 is 5.11 Å². The lowest BCUT2D eigenvalue weighted by Gasteiger charge is -2.10. The largest absolute Gasteiger partial charge is 0.478 e. The zero-order valence-corrected chi connectivity index (χ0v) is 13.3. The smallest absolute Gasteiger partial charge is 0.340 e. The van der Waals surface area contributed by atoms with E-state index in [0.29, 0.717) is 5.56 Å². The van der Waals surface area contributed by atoms with Crippen molar-refractivity contribution < 1.29 is 18.3 Å².